The molecule has 0 bridgehead atoms. The van der Waals surface area contributed by atoms with Gasteiger partial charge in [-0.15, -0.1) is 0 Å². The van der Waals surface area contributed by atoms with Crippen LogP contribution in [-0.2, 0) is 6.42 Å². The molecule has 4 aromatic rings. The molecule has 0 amide bonds. The Morgan fingerprint density at radius 3 is 2.20 bits per heavy atom. The highest BCUT2D eigenvalue weighted by molar-refractivity contribution is 7.55. The molecule has 0 aliphatic carbocycles. The fraction of sp³-hybridized carbons (Fsp3) is 0.143. The highest BCUT2D eigenvalue weighted by Gasteiger charge is 2.08. The molecule has 0 saturated heterocycles. The molecule has 4 aromatic carbocycles. The minimum absolute atomic E-state index is 0.643. The van der Waals surface area contributed by atoms with E-state index in [1.54, 1.807) is 0 Å². The van der Waals surface area contributed by atoms with Gasteiger partial charge in [-0.2, -0.15) is 0 Å². The van der Waals surface area contributed by atoms with Gasteiger partial charge in [0.1, 0.15) is 11.5 Å². The Labute approximate surface area is 181 Å². The number of rotatable bonds is 8. The Hall–Kier alpha value is -2.89. The van der Waals surface area contributed by atoms with Crippen LogP contribution in [0.3, 0.4) is 0 Å². The first-order valence-electron chi connectivity index (χ1n) is 10.6. The third-order valence-electron chi connectivity index (χ3n) is 5.15. The minimum Gasteiger partial charge on any atom is -0.457 e. The van der Waals surface area contributed by atoms with Crippen molar-refractivity contribution in [1.82, 2.24) is 0 Å². The van der Waals surface area contributed by atoms with E-state index in [4.69, 9.17) is 4.74 Å². The largest absolute Gasteiger partial charge is 0.457 e. The fourth-order valence-corrected chi connectivity index (χ4v) is 4.74. The summed E-state index contributed by atoms with van der Waals surface area (Å²) in [6.45, 7) is 2.22. The van der Waals surface area contributed by atoms with Crippen molar-refractivity contribution in [2.75, 3.05) is 0 Å². The zero-order valence-electron chi connectivity index (χ0n) is 17.3. The lowest BCUT2D eigenvalue weighted by molar-refractivity contribution is 0.475. The number of hydrogen-bond donors (Lipinski definition) is 0. The average Bonchev–Trinajstić information content (AvgIpc) is 2.80. The third-order valence-corrected chi connectivity index (χ3v) is 6.47. The maximum Gasteiger partial charge on any atom is 0.130 e. The standard InChI is InChI=1S/C28H27OP/c1-2-3-11-23-12-7-9-16-27(23)29-24-20-18-22(19-21-24)26-15-8-10-17-28(26)30-25-13-5-4-6-14-25/h4-10,12-21,30H,2-3,11H2,1H3. The molecule has 0 radical (unpaired) electrons. The molecule has 0 N–H and O–H groups in total. The molecule has 4 rings (SSSR count). The smallest absolute Gasteiger partial charge is 0.130 e. The average molecular weight is 410 g/mol. The first-order valence-corrected chi connectivity index (χ1v) is 11.6. The molecule has 1 unspecified atom stereocenters. The zero-order valence-corrected chi connectivity index (χ0v) is 18.3. The van der Waals surface area contributed by atoms with Gasteiger partial charge in [0.2, 0.25) is 0 Å². The van der Waals surface area contributed by atoms with Crippen molar-refractivity contribution in [3.05, 3.63) is 109 Å². The van der Waals surface area contributed by atoms with Gasteiger partial charge in [0.05, 0.1) is 0 Å². The van der Waals surface area contributed by atoms with E-state index in [-0.39, 0.29) is 0 Å². The Bertz CT molecular complexity index is 1070. The van der Waals surface area contributed by atoms with Gasteiger partial charge >= 0.3 is 0 Å². The van der Waals surface area contributed by atoms with Gasteiger partial charge in [0.25, 0.3) is 0 Å². The first kappa shape index (κ1) is 20.4. The number of unbranched alkanes of at least 4 members (excludes halogenated alkanes) is 1. The summed E-state index contributed by atoms with van der Waals surface area (Å²) in [4.78, 5) is 0. The van der Waals surface area contributed by atoms with Crippen molar-refractivity contribution in [2.45, 2.75) is 26.2 Å². The van der Waals surface area contributed by atoms with Gasteiger partial charge in [-0.25, -0.2) is 0 Å². The summed E-state index contributed by atoms with van der Waals surface area (Å²) in [6, 6.07) is 36.2. The monoisotopic (exact) mass is 410 g/mol. The van der Waals surface area contributed by atoms with Gasteiger partial charge in [-0.1, -0.05) is 107 Å². The number of benzene rings is 4. The molecule has 0 spiro atoms. The predicted molar refractivity (Wildman–Crippen MR) is 131 cm³/mol. The van der Waals surface area contributed by atoms with Crippen LogP contribution in [0.1, 0.15) is 25.3 Å². The number of hydrogen-bond acceptors (Lipinski definition) is 1. The van der Waals surface area contributed by atoms with E-state index in [1.807, 2.05) is 6.07 Å². The lowest BCUT2D eigenvalue weighted by Gasteiger charge is -2.13. The van der Waals surface area contributed by atoms with E-state index in [0.29, 0.717) is 8.58 Å². The van der Waals surface area contributed by atoms with Crippen LogP contribution in [0.5, 0.6) is 11.5 Å². The van der Waals surface area contributed by atoms with Crippen LogP contribution in [0.4, 0.5) is 0 Å². The molecule has 2 heteroatoms. The van der Waals surface area contributed by atoms with Gasteiger partial charge in [-0.05, 0) is 58.3 Å². The second kappa shape index (κ2) is 10.2. The number of aryl methyl sites for hydroxylation is 1. The van der Waals surface area contributed by atoms with Crippen molar-refractivity contribution in [2.24, 2.45) is 0 Å². The summed E-state index contributed by atoms with van der Waals surface area (Å²) in [5.41, 5.74) is 3.79. The summed E-state index contributed by atoms with van der Waals surface area (Å²) in [5, 5.41) is 2.72. The van der Waals surface area contributed by atoms with Crippen molar-refractivity contribution in [1.29, 1.82) is 0 Å². The fourth-order valence-electron chi connectivity index (χ4n) is 3.53. The Morgan fingerprint density at radius 1 is 0.700 bits per heavy atom. The maximum atomic E-state index is 6.23. The SMILES string of the molecule is CCCCc1ccccc1Oc1ccc(-c2ccccc2Pc2ccccc2)cc1. The number of ether oxygens (including phenoxy) is 1. The molecule has 0 fully saturated rings. The summed E-state index contributed by atoms with van der Waals surface area (Å²) < 4.78 is 6.23. The topological polar surface area (TPSA) is 9.23 Å². The molecule has 0 saturated carbocycles. The quantitative estimate of drug-likeness (QED) is 0.281. The van der Waals surface area contributed by atoms with E-state index in [1.165, 1.54) is 40.1 Å². The van der Waals surface area contributed by atoms with Gasteiger partial charge in [-0.3, -0.25) is 0 Å². The normalized spacial score (nSPS) is 11.1. The molecule has 0 aliphatic rings. The molecule has 0 aliphatic heterocycles. The van der Waals surface area contributed by atoms with Crippen LogP contribution in [0.2, 0.25) is 0 Å². The van der Waals surface area contributed by atoms with Crippen LogP contribution in [0.15, 0.2) is 103 Å². The van der Waals surface area contributed by atoms with E-state index in [0.717, 1.165) is 17.9 Å². The van der Waals surface area contributed by atoms with Crippen molar-refractivity contribution in [3.8, 4) is 22.6 Å². The van der Waals surface area contributed by atoms with Crippen LogP contribution in [-0.4, -0.2) is 0 Å². The van der Waals surface area contributed by atoms with E-state index < -0.39 is 0 Å². The van der Waals surface area contributed by atoms with E-state index in [2.05, 4.69) is 104 Å². The highest BCUT2D eigenvalue weighted by Crippen LogP contribution is 2.29. The zero-order chi connectivity index (χ0) is 20.6. The van der Waals surface area contributed by atoms with Crippen LogP contribution in [0.25, 0.3) is 11.1 Å². The molecule has 0 heterocycles. The first-order chi connectivity index (χ1) is 14.8. The Balaban J connectivity index is 1.54. The Morgan fingerprint density at radius 2 is 1.40 bits per heavy atom. The van der Waals surface area contributed by atoms with Crippen LogP contribution < -0.4 is 15.3 Å². The molecule has 1 atom stereocenters. The summed E-state index contributed by atoms with van der Waals surface area (Å²) in [6.07, 6.45) is 3.42. The lowest BCUT2D eigenvalue weighted by Crippen LogP contribution is -2.05. The summed E-state index contributed by atoms with van der Waals surface area (Å²) in [7, 11) is 0.643. The molecule has 150 valence electrons. The van der Waals surface area contributed by atoms with Gasteiger partial charge in [0.15, 0.2) is 0 Å². The van der Waals surface area contributed by atoms with E-state index in [9.17, 15) is 0 Å². The Kier molecular flexibility index (Phi) is 6.95. The lowest BCUT2D eigenvalue weighted by atomic mass is 10.1. The van der Waals surface area contributed by atoms with Crippen molar-refractivity contribution in [3.63, 3.8) is 0 Å². The van der Waals surface area contributed by atoms with Crippen molar-refractivity contribution >= 4 is 19.2 Å². The van der Waals surface area contributed by atoms with Crippen LogP contribution in [0, 0.1) is 0 Å². The minimum atomic E-state index is 0.643. The summed E-state index contributed by atoms with van der Waals surface area (Å²) in [5.74, 6) is 1.84. The molecule has 30 heavy (non-hydrogen) atoms. The van der Waals surface area contributed by atoms with Gasteiger partial charge in [0, 0.05) is 0 Å². The van der Waals surface area contributed by atoms with Gasteiger partial charge < -0.3 is 4.74 Å². The van der Waals surface area contributed by atoms with Crippen LogP contribution >= 0.6 is 8.58 Å². The number of para-hydroxylation sites is 1. The third kappa shape index (κ3) is 5.17. The molecular formula is C28H27OP. The second-order valence-corrected chi connectivity index (χ2v) is 8.74. The molecule has 0 aromatic heterocycles. The molecule has 1 nitrogen and oxygen atoms in total. The second-order valence-electron chi connectivity index (χ2n) is 7.37. The van der Waals surface area contributed by atoms with E-state index >= 15 is 0 Å². The maximum absolute atomic E-state index is 6.23. The summed E-state index contributed by atoms with van der Waals surface area (Å²) >= 11 is 0. The van der Waals surface area contributed by atoms with Crippen molar-refractivity contribution < 1.29 is 4.74 Å². The predicted octanol–water partition coefficient (Wildman–Crippen LogP) is 7.12. The highest BCUT2D eigenvalue weighted by atomic mass is 31.1. The molecular weight excluding hydrogens is 383 g/mol.